The van der Waals surface area contributed by atoms with Crippen LogP contribution in [0.1, 0.15) is 169 Å². The van der Waals surface area contributed by atoms with Crippen molar-refractivity contribution >= 4 is 165 Å². The van der Waals surface area contributed by atoms with Gasteiger partial charge in [0.2, 0.25) is 5.91 Å². The van der Waals surface area contributed by atoms with Crippen LogP contribution in [0.25, 0.3) is 76.8 Å². The van der Waals surface area contributed by atoms with Crippen LogP contribution in [0.4, 0.5) is 0 Å². The van der Waals surface area contributed by atoms with Crippen molar-refractivity contribution in [2.75, 3.05) is 46.6 Å². The van der Waals surface area contributed by atoms with Gasteiger partial charge >= 0.3 is 0 Å². The molecule has 2 unspecified atom stereocenters. The lowest BCUT2D eigenvalue weighted by Gasteiger charge is -2.42. The Morgan fingerprint density at radius 2 is 0.876 bits per heavy atom. The first-order valence-electron chi connectivity index (χ1n) is 47.6. The van der Waals surface area contributed by atoms with Gasteiger partial charge in [0.1, 0.15) is 45.5 Å². The molecule has 3 aliphatic carbocycles. The summed E-state index contributed by atoms with van der Waals surface area (Å²) in [5, 5.41) is 49.6. The predicted molar refractivity (Wildman–Crippen MR) is 561 cm³/mol. The third-order valence-corrected chi connectivity index (χ3v) is 28.6. The van der Waals surface area contributed by atoms with Gasteiger partial charge < -0.3 is 80.9 Å². The average molecular weight is 2040 g/mol. The summed E-state index contributed by atoms with van der Waals surface area (Å²) in [5.41, 5.74) is 13.7. The third kappa shape index (κ3) is 22.6. The number of nitrogens with zero attached hydrogens (tertiary/aromatic N) is 8. The van der Waals surface area contributed by atoms with Crippen LogP contribution in [0.2, 0.25) is 25.1 Å². The highest BCUT2D eigenvalue weighted by Gasteiger charge is 2.52. The lowest BCUT2D eigenvalue weighted by molar-refractivity contribution is -0.135. The number of hydrogen-bond acceptors (Lipinski definition) is 14. The van der Waals surface area contributed by atoms with Crippen molar-refractivity contribution < 1.29 is 47.8 Å². The number of likely N-dealkylation sites (tertiary alicyclic amines) is 1. The number of nitriles is 1. The predicted octanol–water partition coefficient (Wildman–Crippen LogP) is 20.5. The van der Waals surface area contributed by atoms with Crippen molar-refractivity contribution in [2.45, 2.75) is 106 Å². The number of aromatic amines is 6. The second kappa shape index (κ2) is 42.0. The van der Waals surface area contributed by atoms with Gasteiger partial charge in [-0.1, -0.05) is 107 Å². The first kappa shape index (κ1) is 98.6. The maximum absolute atomic E-state index is 12.8. The molecular formula is C110H103Cl5N20O10. The molecule has 0 radical (unpaired) electrons. The minimum absolute atomic E-state index is 0.00416. The molecule has 738 valence electrons. The molecule has 3 aliphatic heterocycles. The molecule has 145 heavy (non-hydrogen) atoms. The molecule has 12 heterocycles. The molecule has 9 aromatic heterocycles. The number of aromatic nitrogens is 12. The summed E-state index contributed by atoms with van der Waals surface area (Å²) in [6, 6.07) is 75.2. The maximum Gasteiger partial charge on any atom is 0.268 e. The fourth-order valence-electron chi connectivity index (χ4n) is 18.4. The Morgan fingerprint density at radius 1 is 0.448 bits per heavy atom. The zero-order valence-corrected chi connectivity index (χ0v) is 83.4. The van der Waals surface area contributed by atoms with Gasteiger partial charge in [0.15, 0.2) is 0 Å². The van der Waals surface area contributed by atoms with Crippen LogP contribution in [-0.4, -0.2) is 164 Å². The van der Waals surface area contributed by atoms with Gasteiger partial charge in [-0.25, -0.2) is 9.36 Å². The Labute approximate surface area is 857 Å². The summed E-state index contributed by atoms with van der Waals surface area (Å²) >= 11 is 30.0. The Balaban J connectivity index is 0.000000110. The number of para-hydroxylation sites is 1. The number of aryl methyl sites for hydroxylation is 1. The van der Waals surface area contributed by atoms with Crippen LogP contribution in [0.15, 0.2) is 268 Å². The SMILES string of the molecule is CC(=O)N1CC(C(C)NC(=O)c2cc3cc(Cl)ccc3[nH]2)C1.COc1ccc(-n2cc(C(C)NC(=O)c3cc4cc(Cl)ccc4[nH]3)cn2)cc1.Cn1cc(C2(NC(=O)c3cc4cc(C#N)ccc4[nH]3)CC2)cn1.O=C(NC1(C2CCOCC2)CC1)c1cc2cc(Cl)ccc2[nH]1.O=C(NC1(c2ccccc2)COC1)c1cc2cc(Cl)ccc2[nH]1.O=C(NC1(c2ccn(-c3ccccc3)n2)CC1)c1cc2cc(Cl)ccc2[nH]1. The van der Waals surface area contributed by atoms with Crippen LogP contribution in [0.5, 0.6) is 5.75 Å². The number of fused-ring (bicyclic) bond motifs is 6. The number of methoxy groups -OCH3 is 1. The number of halogens is 5. The Bertz CT molecular complexity index is 7910. The standard InChI is InChI=1S/C21H19ClN4O2.C21H17ClN4O.C18H15ClN2O2.C17H19ClN2O2.C17H15N5O.C16H18ClN3O2/c1-13(15-11-23-26(12-15)17-4-6-18(28-2)7-5-17)24-21(27)20-10-14-9-16(22)3-8-19(14)25-20;22-15-6-7-17-14(12-15)13-18(23-17)20(27)24-21(9-10-21)19-8-11-26(25-19)16-4-2-1-3-5-16;19-14-6-7-15-12(8-14)9-16(20-15)17(22)21-18(10-23-11-18)13-4-2-1-3-5-13;18-13-1-2-14-11(9-13)10-15(19-14)16(21)20-17(5-6-17)12-3-7-22-8-4-12;1-22-10-13(9-19-22)17(4-5-17)21-16(23)15-7-12-6-11(8-18)2-3-14(12)20-15;1-9(12-7-20(8-12)10(2)21)18-16(22)15-6-11-5-13(17)3-4-14(11)19-15/h3-13,25H,1-2H3,(H,24,27);1-8,11-13,23H,9-10H2,(H,24,27);1-9,20H,10-11H2,(H,21,22);1-2,9-10,12,19H,3-8H2,(H,20,21);2-3,6-7,9-10,20H,4-5H2,1H3,(H,21,23);3-6,9,12,19H,7-8H2,1-2H3,(H,18,22). The van der Waals surface area contributed by atoms with Crippen molar-refractivity contribution in [3.05, 3.63) is 355 Å². The maximum atomic E-state index is 12.8. The molecule has 12 N–H and O–H groups in total. The zero-order chi connectivity index (χ0) is 101. The Morgan fingerprint density at radius 3 is 1.30 bits per heavy atom. The van der Waals surface area contributed by atoms with E-state index in [1.807, 2.05) is 226 Å². The third-order valence-electron chi connectivity index (χ3n) is 27.4. The molecule has 30 nitrogen and oxygen atoms in total. The van der Waals surface area contributed by atoms with E-state index >= 15 is 0 Å². The molecule has 2 atom stereocenters. The van der Waals surface area contributed by atoms with E-state index in [0.29, 0.717) is 103 Å². The molecule has 18 aromatic rings. The summed E-state index contributed by atoms with van der Waals surface area (Å²) in [7, 11) is 3.50. The molecule has 35 heteroatoms. The highest BCUT2D eigenvalue weighted by atomic mass is 35.5. The minimum Gasteiger partial charge on any atom is -0.497 e. The van der Waals surface area contributed by atoms with Crippen LogP contribution in [-0.2, 0) is 37.9 Å². The van der Waals surface area contributed by atoms with Crippen LogP contribution in [0.3, 0.4) is 0 Å². The quantitative estimate of drug-likeness (QED) is 0.0318. The van der Waals surface area contributed by atoms with E-state index in [1.54, 1.807) is 95.3 Å². The Hall–Kier alpha value is -15.2. The van der Waals surface area contributed by atoms with Crippen molar-refractivity contribution in [3.8, 4) is 23.2 Å². The number of nitrogens with one attached hydrogen (secondary N) is 12. The second-order valence-corrected chi connectivity index (χ2v) is 39.8. The molecule has 0 spiro atoms. The highest BCUT2D eigenvalue weighted by molar-refractivity contribution is 6.33. The molecular weight excluding hydrogens is 1940 g/mol. The summed E-state index contributed by atoms with van der Waals surface area (Å²) in [4.78, 5) is 107. The van der Waals surface area contributed by atoms with E-state index in [1.165, 1.54) is 0 Å². The molecule has 6 aliphatic rings. The van der Waals surface area contributed by atoms with E-state index in [9.17, 15) is 33.6 Å². The van der Waals surface area contributed by atoms with Crippen molar-refractivity contribution in [2.24, 2.45) is 18.9 Å². The molecule has 7 amide bonds. The number of ether oxygens (including phenoxy) is 3. The number of hydrogen-bond donors (Lipinski definition) is 12. The first-order chi connectivity index (χ1) is 70.0. The topological polar surface area (TPSA) is 395 Å². The average Bonchev–Trinajstić information content (AvgIpc) is 1.52. The number of rotatable bonds is 21. The van der Waals surface area contributed by atoms with Crippen molar-refractivity contribution in [1.29, 1.82) is 5.26 Å². The summed E-state index contributed by atoms with van der Waals surface area (Å²) < 4.78 is 21.3. The number of benzene rings is 9. The van der Waals surface area contributed by atoms with Gasteiger partial charge in [-0.15, -0.1) is 0 Å². The van der Waals surface area contributed by atoms with Crippen LogP contribution >= 0.6 is 58.0 Å². The lowest BCUT2D eigenvalue weighted by atomic mass is 9.88. The number of carbonyl (C=O) groups excluding carboxylic acids is 7. The smallest absolute Gasteiger partial charge is 0.268 e. The van der Waals surface area contributed by atoms with Gasteiger partial charge in [0.05, 0.1) is 78.5 Å². The monoisotopic (exact) mass is 2040 g/mol. The zero-order valence-electron chi connectivity index (χ0n) is 79.7. The largest absolute Gasteiger partial charge is 0.497 e. The minimum atomic E-state index is -0.451. The van der Waals surface area contributed by atoms with Gasteiger partial charge in [0, 0.05) is 178 Å². The molecule has 0 bridgehead atoms. The van der Waals surface area contributed by atoms with Gasteiger partial charge in [-0.2, -0.15) is 20.6 Å². The Kier molecular flexibility index (Phi) is 28.6. The normalized spacial score (nSPS) is 15.8. The number of H-pyrrole nitrogens is 6. The molecule has 3 saturated heterocycles. The summed E-state index contributed by atoms with van der Waals surface area (Å²) in [6.45, 7) is 9.46. The van der Waals surface area contributed by atoms with Gasteiger partial charge in [-0.05, 0) is 265 Å². The first-order valence-corrected chi connectivity index (χ1v) is 49.5. The fourth-order valence-corrected chi connectivity index (χ4v) is 19.3. The number of carbonyl (C=O) groups is 7. The molecule has 24 rings (SSSR count). The lowest BCUT2D eigenvalue weighted by Crippen LogP contribution is -2.59. The second-order valence-electron chi connectivity index (χ2n) is 37.6. The van der Waals surface area contributed by atoms with E-state index in [-0.39, 0.29) is 70.1 Å². The highest BCUT2D eigenvalue weighted by Crippen LogP contribution is 2.49. The fraction of sp³-hybridized carbons (Fsp3) is 0.245. The van der Waals surface area contributed by atoms with Crippen LogP contribution in [0, 0.1) is 23.2 Å². The molecule has 3 saturated carbocycles. The van der Waals surface area contributed by atoms with Crippen LogP contribution < -0.4 is 36.6 Å². The van der Waals surface area contributed by atoms with Crippen molar-refractivity contribution in [1.82, 2.24) is 96.0 Å². The van der Waals surface area contributed by atoms with Crippen molar-refractivity contribution in [3.63, 3.8) is 0 Å². The van der Waals surface area contributed by atoms with E-state index < -0.39 is 5.54 Å². The van der Waals surface area contributed by atoms with E-state index in [2.05, 4.69) is 78.1 Å². The van der Waals surface area contributed by atoms with Gasteiger partial charge in [-0.3, -0.25) is 38.2 Å². The van der Waals surface area contributed by atoms with E-state index in [0.717, 1.165) is 170 Å². The van der Waals surface area contributed by atoms with Gasteiger partial charge in [0.25, 0.3) is 35.4 Å². The number of amides is 7. The molecule has 9 aromatic carbocycles. The summed E-state index contributed by atoms with van der Waals surface area (Å²) in [5.74, 6) is 0.975. The van der Waals surface area contributed by atoms with E-state index in [4.69, 9.17) is 82.6 Å². The summed E-state index contributed by atoms with van der Waals surface area (Å²) in [6.07, 6.45) is 17.2. The molecule has 6 fully saturated rings.